The molecule has 2 heterocycles. The summed E-state index contributed by atoms with van der Waals surface area (Å²) in [5, 5.41) is 21.5. The predicted octanol–water partition coefficient (Wildman–Crippen LogP) is 4.45. The number of aromatic nitrogens is 1. The zero-order valence-electron chi connectivity index (χ0n) is 21.8. The molecule has 1 amide bonds. The number of nitrogens with one attached hydrogen (secondary N) is 1. The molecule has 3 N–H and O–H groups in total. The average molecular weight is 548 g/mol. The van der Waals surface area contributed by atoms with E-state index in [9.17, 15) is 28.3 Å². The number of methoxy groups -OCH3 is 1. The highest BCUT2D eigenvalue weighted by Gasteiger charge is 2.41. The topological polar surface area (TPSA) is 104 Å². The first kappa shape index (κ1) is 28.6. The number of hydrogen-bond acceptors (Lipinski definition) is 7. The third kappa shape index (κ3) is 6.26. The van der Waals surface area contributed by atoms with Crippen molar-refractivity contribution in [1.82, 2.24) is 15.4 Å². The summed E-state index contributed by atoms with van der Waals surface area (Å²) in [5.41, 5.74) is 3.13. The van der Waals surface area contributed by atoms with E-state index < -0.39 is 40.6 Å². The molecular weight excluding hydrogens is 515 g/mol. The Balaban J connectivity index is 1.40. The van der Waals surface area contributed by atoms with Crippen LogP contribution in [0.15, 0.2) is 36.5 Å². The number of carbonyl (C=O) groups excluding carboxylic acids is 1. The van der Waals surface area contributed by atoms with E-state index in [1.54, 1.807) is 24.9 Å². The smallest absolute Gasteiger partial charge is 0.249 e. The molecule has 1 unspecified atom stereocenters. The SMILES string of the molecule is COc1ccc2ncc(C)c(C(O)CCC3(C(=O)NO)CCN(CCOc4c(F)cc(F)cc4F)CC3)c2c1. The highest BCUT2D eigenvalue weighted by molar-refractivity contribution is 5.85. The molecule has 1 fully saturated rings. The number of likely N-dealkylation sites (tertiary alicyclic amines) is 1. The number of ether oxygens (including phenoxy) is 2. The van der Waals surface area contributed by atoms with E-state index in [4.69, 9.17) is 9.47 Å². The number of carbonyl (C=O) groups is 1. The Morgan fingerprint density at radius 2 is 1.87 bits per heavy atom. The van der Waals surface area contributed by atoms with Crippen molar-refractivity contribution in [2.45, 2.75) is 38.7 Å². The van der Waals surface area contributed by atoms with Crippen molar-refractivity contribution in [3.8, 4) is 11.5 Å². The quantitative estimate of drug-likeness (QED) is 0.255. The lowest BCUT2D eigenvalue weighted by Gasteiger charge is -2.40. The predicted molar refractivity (Wildman–Crippen MR) is 137 cm³/mol. The monoisotopic (exact) mass is 547 g/mol. The summed E-state index contributed by atoms with van der Waals surface area (Å²) < 4.78 is 51.3. The third-order valence-electron chi connectivity index (χ3n) is 7.56. The van der Waals surface area contributed by atoms with Gasteiger partial charge < -0.3 is 14.6 Å². The molecule has 1 aliphatic heterocycles. The van der Waals surface area contributed by atoms with Gasteiger partial charge in [0.25, 0.3) is 0 Å². The Bertz CT molecular complexity index is 1310. The molecule has 2 aromatic carbocycles. The number of rotatable bonds is 10. The van der Waals surface area contributed by atoms with Gasteiger partial charge in [-0.1, -0.05) is 0 Å². The molecule has 4 rings (SSSR count). The van der Waals surface area contributed by atoms with Crippen LogP contribution in [0.5, 0.6) is 11.5 Å². The van der Waals surface area contributed by atoms with E-state index in [0.717, 1.165) is 10.9 Å². The summed E-state index contributed by atoms with van der Waals surface area (Å²) in [6.07, 6.45) is 2.22. The van der Waals surface area contributed by atoms with Gasteiger partial charge in [0.15, 0.2) is 17.4 Å². The maximum atomic E-state index is 13.8. The van der Waals surface area contributed by atoms with Crippen molar-refractivity contribution in [1.29, 1.82) is 0 Å². The molecule has 0 saturated carbocycles. The number of pyridine rings is 1. The number of hydroxylamine groups is 1. The third-order valence-corrected chi connectivity index (χ3v) is 7.56. The molecule has 1 aliphatic rings. The Kier molecular flexibility index (Phi) is 8.94. The van der Waals surface area contributed by atoms with Gasteiger partial charge in [0.1, 0.15) is 18.2 Å². The molecule has 0 aliphatic carbocycles. The van der Waals surface area contributed by atoms with Gasteiger partial charge in [-0.05, 0) is 75.0 Å². The van der Waals surface area contributed by atoms with E-state index in [-0.39, 0.29) is 13.0 Å². The summed E-state index contributed by atoms with van der Waals surface area (Å²) in [4.78, 5) is 19.2. The first-order valence-electron chi connectivity index (χ1n) is 12.7. The van der Waals surface area contributed by atoms with Gasteiger partial charge in [-0.3, -0.25) is 19.9 Å². The number of nitrogens with zero attached hydrogens (tertiary/aromatic N) is 2. The minimum absolute atomic E-state index is 0.0325. The van der Waals surface area contributed by atoms with Gasteiger partial charge >= 0.3 is 0 Å². The molecule has 0 bridgehead atoms. The minimum atomic E-state index is -1.11. The highest BCUT2D eigenvalue weighted by Crippen LogP contribution is 2.40. The first-order valence-corrected chi connectivity index (χ1v) is 12.7. The van der Waals surface area contributed by atoms with E-state index in [2.05, 4.69) is 4.98 Å². The molecule has 0 spiro atoms. The lowest BCUT2D eigenvalue weighted by molar-refractivity contribution is -0.144. The molecule has 3 aromatic rings. The number of aliphatic hydroxyl groups excluding tert-OH is 1. The van der Waals surface area contributed by atoms with Crippen LogP contribution < -0.4 is 15.0 Å². The largest absolute Gasteiger partial charge is 0.497 e. The fraction of sp³-hybridized carbons (Fsp3) is 0.429. The average Bonchev–Trinajstić information content (AvgIpc) is 2.93. The second-order valence-corrected chi connectivity index (χ2v) is 9.90. The van der Waals surface area contributed by atoms with Crippen molar-refractivity contribution in [3.05, 3.63) is 65.1 Å². The van der Waals surface area contributed by atoms with Gasteiger partial charge in [0.2, 0.25) is 5.91 Å². The van der Waals surface area contributed by atoms with Crippen molar-refractivity contribution in [2.24, 2.45) is 5.41 Å². The second kappa shape index (κ2) is 12.2. The number of aryl methyl sites for hydroxylation is 1. The maximum absolute atomic E-state index is 13.8. The van der Waals surface area contributed by atoms with Gasteiger partial charge in [0, 0.05) is 30.3 Å². The van der Waals surface area contributed by atoms with Crippen LogP contribution in [0.25, 0.3) is 10.9 Å². The number of fused-ring (bicyclic) bond motifs is 1. The van der Waals surface area contributed by atoms with Crippen LogP contribution in [0.4, 0.5) is 13.2 Å². The summed E-state index contributed by atoms with van der Waals surface area (Å²) in [5.74, 6) is -3.75. The molecule has 1 aromatic heterocycles. The van der Waals surface area contributed by atoms with Crippen LogP contribution in [-0.4, -0.2) is 59.5 Å². The number of hydrogen-bond donors (Lipinski definition) is 3. The van der Waals surface area contributed by atoms with Crippen molar-refractivity contribution >= 4 is 16.8 Å². The van der Waals surface area contributed by atoms with Crippen molar-refractivity contribution in [2.75, 3.05) is 33.4 Å². The molecule has 1 atom stereocenters. The summed E-state index contributed by atoms with van der Waals surface area (Å²) in [6, 6.07) is 6.56. The van der Waals surface area contributed by atoms with Crippen LogP contribution in [0.3, 0.4) is 0 Å². The van der Waals surface area contributed by atoms with Crippen LogP contribution in [0, 0.1) is 29.8 Å². The van der Waals surface area contributed by atoms with Gasteiger partial charge in [-0.25, -0.2) is 18.7 Å². The van der Waals surface area contributed by atoms with Crippen molar-refractivity contribution < 1.29 is 37.8 Å². The normalized spacial score (nSPS) is 16.2. The molecule has 11 heteroatoms. The lowest BCUT2D eigenvalue weighted by Crippen LogP contribution is -2.49. The molecule has 210 valence electrons. The molecule has 39 heavy (non-hydrogen) atoms. The second-order valence-electron chi connectivity index (χ2n) is 9.90. The van der Waals surface area contributed by atoms with Gasteiger partial charge in [-0.2, -0.15) is 0 Å². The molecular formula is C28H32F3N3O5. The zero-order valence-corrected chi connectivity index (χ0v) is 21.8. The fourth-order valence-electron chi connectivity index (χ4n) is 5.28. The van der Waals surface area contributed by atoms with Gasteiger partial charge in [-0.15, -0.1) is 0 Å². The van der Waals surface area contributed by atoms with Crippen molar-refractivity contribution in [3.63, 3.8) is 0 Å². The number of benzene rings is 2. The summed E-state index contributed by atoms with van der Waals surface area (Å²) >= 11 is 0. The molecule has 0 radical (unpaired) electrons. The first-order chi connectivity index (χ1) is 18.7. The summed E-state index contributed by atoms with van der Waals surface area (Å²) in [6.45, 7) is 3.10. The van der Waals surface area contributed by atoms with Crippen LogP contribution in [-0.2, 0) is 4.79 Å². The summed E-state index contributed by atoms with van der Waals surface area (Å²) in [7, 11) is 1.57. The Hall–Kier alpha value is -3.41. The number of amides is 1. The van der Waals surface area contributed by atoms with E-state index in [1.807, 2.05) is 24.0 Å². The van der Waals surface area contributed by atoms with Crippen LogP contribution in [0.2, 0.25) is 0 Å². The Morgan fingerprint density at radius 1 is 1.18 bits per heavy atom. The number of aliphatic hydroxyl groups is 1. The lowest BCUT2D eigenvalue weighted by atomic mass is 9.73. The number of piperidine rings is 1. The number of halogens is 3. The Labute approximate surface area is 224 Å². The molecule has 1 saturated heterocycles. The minimum Gasteiger partial charge on any atom is -0.497 e. The fourth-order valence-corrected chi connectivity index (χ4v) is 5.28. The highest BCUT2D eigenvalue weighted by atomic mass is 19.1. The van der Waals surface area contributed by atoms with Gasteiger partial charge in [0.05, 0.1) is 24.1 Å². The molecule has 8 nitrogen and oxygen atoms in total. The zero-order chi connectivity index (χ0) is 28.2. The standard InChI is InChI=1S/C28H32F3N3O5/c1-17-16-32-23-4-3-19(38-2)15-20(23)25(17)24(35)5-6-28(27(36)33-37)7-9-34(10-8-28)11-12-39-26-21(30)13-18(29)14-22(26)31/h3-4,13-16,24,35,37H,5-12H2,1-2H3,(H,33,36). The van der Waals surface area contributed by atoms with Crippen LogP contribution >= 0.6 is 0 Å². The maximum Gasteiger partial charge on any atom is 0.249 e. The van der Waals surface area contributed by atoms with E-state index >= 15 is 0 Å². The Morgan fingerprint density at radius 3 is 2.51 bits per heavy atom. The van der Waals surface area contributed by atoms with E-state index in [0.29, 0.717) is 67.9 Å². The van der Waals surface area contributed by atoms with E-state index in [1.165, 1.54) is 0 Å². The van der Waals surface area contributed by atoms with Crippen LogP contribution in [0.1, 0.15) is 42.9 Å².